The Hall–Kier alpha value is -0.810. The number of hydrogen-bond acceptors (Lipinski definition) is 3. The van der Waals surface area contributed by atoms with Gasteiger partial charge in [-0.25, -0.2) is 0 Å². The minimum Gasteiger partial charge on any atom is -0.369 e. The van der Waals surface area contributed by atoms with Gasteiger partial charge in [0.1, 0.15) is 0 Å². The molecule has 1 heterocycles. The van der Waals surface area contributed by atoms with Gasteiger partial charge < -0.3 is 16.4 Å². The molecule has 2 aliphatic rings. The lowest BCUT2D eigenvalue weighted by Crippen LogP contribution is -2.42. The van der Waals surface area contributed by atoms with Gasteiger partial charge in [0.25, 0.3) is 0 Å². The Morgan fingerprint density at radius 2 is 2.05 bits per heavy atom. The van der Waals surface area contributed by atoms with Crippen molar-refractivity contribution in [2.75, 3.05) is 13.1 Å². The van der Waals surface area contributed by atoms with Gasteiger partial charge in [-0.3, -0.25) is 9.59 Å². The van der Waals surface area contributed by atoms with E-state index in [1.165, 1.54) is 12.8 Å². The van der Waals surface area contributed by atoms with Crippen molar-refractivity contribution in [2.45, 2.75) is 57.9 Å². The summed E-state index contributed by atoms with van der Waals surface area (Å²) >= 11 is 0. The van der Waals surface area contributed by atoms with Crippen LogP contribution in [0.1, 0.15) is 51.9 Å². The zero-order chi connectivity index (χ0) is 15.2. The first-order valence-corrected chi connectivity index (χ1v) is 8.35. The predicted molar refractivity (Wildman–Crippen MR) is 89.7 cm³/mol. The number of nitrogens with one attached hydrogen (secondary N) is 2. The average Bonchev–Trinajstić information content (AvgIpc) is 2.48. The molecule has 6 heteroatoms. The van der Waals surface area contributed by atoms with Crippen LogP contribution in [0.25, 0.3) is 0 Å². The standard InChI is InChI=1S/C16H29N3O2.ClH/c1-11(13-5-3-7-18-10-13)8-15(20)19-14-6-2-4-12(9-14)16(17)21;/h11-14,18H,2-10H2,1H3,(H2,17,21)(H,19,20);1H. The molecule has 0 aromatic heterocycles. The Kier molecular flexibility index (Phi) is 8.18. The summed E-state index contributed by atoms with van der Waals surface area (Å²) in [6, 6.07) is 0.125. The summed E-state index contributed by atoms with van der Waals surface area (Å²) in [6.45, 7) is 4.30. The van der Waals surface area contributed by atoms with Crippen LogP contribution in [0.5, 0.6) is 0 Å². The Morgan fingerprint density at radius 1 is 1.27 bits per heavy atom. The van der Waals surface area contributed by atoms with Gasteiger partial charge in [0, 0.05) is 18.4 Å². The zero-order valence-electron chi connectivity index (χ0n) is 13.5. The quantitative estimate of drug-likeness (QED) is 0.715. The van der Waals surface area contributed by atoms with Crippen molar-refractivity contribution in [1.82, 2.24) is 10.6 Å². The fourth-order valence-electron chi connectivity index (χ4n) is 3.69. The Bertz CT molecular complexity index is 372. The van der Waals surface area contributed by atoms with Crippen molar-refractivity contribution >= 4 is 24.2 Å². The van der Waals surface area contributed by atoms with E-state index in [-0.39, 0.29) is 36.2 Å². The normalized spacial score (nSPS) is 30.0. The Balaban J connectivity index is 0.00000242. The summed E-state index contributed by atoms with van der Waals surface area (Å²) in [7, 11) is 0. The summed E-state index contributed by atoms with van der Waals surface area (Å²) in [5.41, 5.74) is 5.38. The lowest BCUT2D eigenvalue weighted by molar-refractivity contribution is -0.126. The largest absolute Gasteiger partial charge is 0.369 e. The van der Waals surface area contributed by atoms with Gasteiger partial charge in [-0.15, -0.1) is 12.4 Å². The Labute approximate surface area is 139 Å². The second-order valence-electron chi connectivity index (χ2n) is 6.82. The first kappa shape index (κ1) is 19.2. The molecule has 5 nitrogen and oxygen atoms in total. The first-order chi connectivity index (χ1) is 10.1. The van der Waals surface area contributed by atoms with Gasteiger partial charge in [0.15, 0.2) is 0 Å². The van der Waals surface area contributed by atoms with Gasteiger partial charge in [-0.05, 0) is 57.0 Å². The lowest BCUT2D eigenvalue weighted by atomic mass is 9.84. The molecule has 0 bridgehead atoms. The molecule has 0 spiro atoms. The molecule has 4 N–H and O–H groups in total. The molecule has 2 fully saturated rings. The smallest absolute Gasteiger partial charge is 0.220 e. The predicted octanol–water partition coefficient (Wildman–Crippen LogP) is 1.59. The third-order valence-electron chi connectivity index (χ3n) is 5.09. The van der Waals surface area contributed by atoms with E-state index in [1.54, 1.807) is 0 Å². The fourth-order valence-corrected chi connectivity index (χ4v) is 3.69. The zero-order valence-corrected chi connectivity index (χ0v) is 14.3. The fraction of sp³-hybridized carbons (Fsp3) is 0.875. The number of hydrogen-bond donors (Lipinski definition) is 3. The molecule has 1 saturated heterocycles. The molecule has 0 radical (unpaired) electrons. The molecule has 1 saturated carbocycles. The number of carbonyl (C=O) groups is 2. The van der Waals surface area contributed by atoms with Crippen LogP contribution in [0, 0.1) is 17.8 Å². The van der Waals surface area contributed by atoms with E-state index in [4.69, 9.17) is 5.73 Å². The molecule has 0 aromatic carbocycles. The number of piperidine rings is 1. The number of halogens is 1. The SMILES string of the molecule is CC(CC(=O)NC1CCCC(C(N)=O)C1)C1CCCNC1.Cl. The van der Waals surface area contributed by atoms with Crippen molar-refractivity contribution in [3.05, 3.63) is 0 Å². The average molecular weight is 332 g/mol. The van der Waals surface area contributed by atoms with Crippen molar-refractivity contribution in [1.29, 1.82) is 0 Å². The van der Waals surface area contributed by atoms with E-state index in [0.29, 0.717) is 24.7 Å². The van der Waals surface area contributed by atoms with Gasteiger partial charge >= 0.3 is 0 Å². The molecular weight excluding hydrogens is 302 g/mol. The summed E-state index contributed by atoms with van der Waals surface area (Å²) in [6.07, 6.45) is 6.53. The highest BCUT2D eigenvalue weighted by molar-refractivity contribution is 5.85. The third-order valence-corrected chi connectivity index (χ3v) is 5.09. The van der Waals surface area contributed by atoms with E-state index >= 15 is 0 Å². The number of nitrogens with two attached hydrogens (primary N) is 1. The molecule has 1 aliphatic heterocycles. The number of carbonyl (C=O) groups excluding carboxylic acids is 2. The van der Waals surface area contributed by atoms with Crippen molar-refractivity contribution in [2.24, 2.45) is 23.5 Å². The third kappa shape index (κ3) is 5.76. The summed E-state index contributed by atoms with van der Waals surface area (Å²) in [5.74, 6) is 0.852. The highest BCUT2D eigenvalue weighted by Crippen LogP contribution is 2.25. The van der Waals surface area contributed by atoms with Crippen LogP contribution in [0.3, 0.4) is 0 Å². The first-order valence-electron chi connectivity index (χ1n) is 8.35. The molecule has 22 heavy (non-hydrogen) atoms. The molecule has 4 unspecified atom stereocenters. The minimum atomic E-state index is -0.226. The summed E-state index contributed by atoms with van der Waals surface area (Å²) < 4.78 is 0. The van der Waals surface area contributed by atoms with E-state index in [1.807, 2.05) is 0 Å². The number of primary amides is 1. The molecule has 2 amide bonds. The molecule has 4 atom stereocenters. The van der Waals surface area contributed by atoms with Gasteiger partial charge in [0.05, 0.1) is 0 Å². The van der Waals surface area contributed by atoms with Gasteiger partial charge in [-0.2, -0.15) is 0 Å². The molecule has 128 valence electrons. The minimum absolute atomic E-state index is 0. The van der Waals surface area contributed by atoms with Crippen LogP contribution in [0.2, 0.25) is 0 Å². The monoisotopic (exact) mass is 331 g/mol. The van der Waals surface area contributed by atoms with Crippen LogP contribution in [-0.2, 0) is 9.59 Å². The lowest BCUT2D eigenvalue weighted by Gasteiger charge is -2.30. The summed E-state index contributed by atoms with van der Waals surface area (Å²) in [4.78, 5) is 23.5. The van der Waals surface area contributed by atoms with Gasteiger partial charge in [-0.1, -0.05) is 13.3 Å². The molecule has 0 aromatic rings. The highest BCUT2D eigenvalue weighted by Gasteiger charge is 2.28. The number of amides is 2. The van der Waals surface area contributed by atoms with Crippen molar-refractivity contribution < 1.29 is 9.59 Å². The van der Waals surface area contributed by atoms with Crippen LogP contribution >= 0.6 is 12.4 Å². The van der Waals surface area contributed by atoms with Crippen LogP contribution in [0.15, 0.2) is 0 Å². The van der Waals surface area contributed by atoms with E-state index in [0.717, 1.165) is 32.4 Å². The van der Waals surface area contributed by atoms with Crippen LogP contribution < -0.4 is 16.4 Å². The second kappa shape index (κ2) is 9.36. The molecule has 1 aliphatic carbocycles. The van der Waals surface area contributed by atoms with E-state index in [2.05, 4.69) is 17.6 Å². The number of rotatable bonds is 5. The summed E-state index contributed by atoms with van der Waals surface area (Å²) in [5, 5.41) is 6.51. The maximum Gasteiger partial charge on any atom is 0.220 e. The van der Waals surface area contributed by atoms with Crippen molar-refractivity contribution in [3.8, 4) is 0 Å². The van der Waals surface area contributed by atoms with Crippen LogP contribution in [0.4, 0.5) is 0 Å². The maximum absolute atomic E-state index is 12.2. The van der Waals surface area contributed by atoms with Gasteiger partial charge in [0.2, 0.25) is 11.8 Å². The van der Waals surface area contributed by atoms with Crippen molar-refractivity contribution in [3.63, 3.8) is 0 Å². The maximum atomic E-state index is 12.2. The highest BCUT2D eigenvalue weighted by atomic mass is 35.5. The molecule has 2 rings (SSSR count). The Morgan fingerprint density at radius 3 is 2.68 bits per heavy atom. The van der Waals surface area contributed by atoms with Crippen LogP contribution in [-0.4, -0.2) is 30.9 Å². The topological polar surface area (TPSA) is 84.2 Å². The second-order valence-corrected chi connectivity index (χ2v) is 6.82. The van der Waals surface area contributed by atoms with E-state index in [9.17, 15) is 9.59 Å². The molecular formula is C16H30ClN3O2. The van der Waals surface area contributed by atoms with E-state index < -0.39 is 0 Å².